The van der Waals surface area contributed by atoms with Gasteiger partial charge in [0.2, 0.25) is 0 Å². The number of aliphatic hydroxyl groups excluding tert-OH is 1. The maximum absolute atomic E-state index is 9.29. The molecule has 0 radical (unpaired) electrons. The Kier molecular flexibility index (Phi) is 4.66. The summed E-state index contributed by atoms with van der Waals surface area (Å²) in [6.07, 6.45) is 4.53. The lowest BCUT2D eigenvalue weighted by molar-refractivity contribution is 0.282. The zero-order valence-electron chi connectivity index (χ0n) is 16.0. The van der Waals surface area contributed by atoms with Crippen molar-refractivity contribution in [3.63, 3.8) is 0 Å². The molecule has 5 heteroatoms. The number of benzene rings is 3. The molecule has 0 unspecified atom stereocenters. The lowest BCUT2D eigenvalue weighted by atomic mass is 10.2. The van der Waals surface area contributed by atoms with Crippen LogP contribution < -0.4 is 9.47 Å². The minimum atomic E-state index is 0.0155. The van der Waals surface area contributed by atoms with Crippen molar-refractivity contribution < 1.29 is 14.6 Å². The van der Waals surface area contributed by atoms with Crippen LogP contribution in [0, 0.1) is 5.92 Å². The molecular formula is C24H22N2O3. The molecule has 1 heterocycles. The molecule has 0 atom stereocenters. The Labute approximate surface area is 169 Å². The second-order valence-corrected chi connectivity index (χ2v) is 7.45. The highest BCUT2D eigenvalue weighted by atomic mass is 16.5. The molecule has 1 aromatic heterocycles. The molecule has 0 saturated heterocycles. The van der Waals surface area contributed by atoms with Crippen LogP contribution in [0.4, 0.5) is 0 Å². The Bertz CT molecular complexity index is 1130. The third-order valence-corrected chi connectivity index (χ3v) is 5.08. The van der Waals surface area contributed by atoms with E-state index >= 15 is 0 Å². The maximum Gasteiger partial charge on any atom is 0.131 e. The smallest absolute Gasteiger partial charge is 0.131 e. The second-order valence-electron chi connectivity index (χ2n) is 7.45. The van der Waals surface area contributed by atoms with Gasteiger partial charge >= 0.3 is 0 Å². The van der Waals surface area contributed by atoms with E-state index in [0.29, 0.717) is 0 Å². The number of nitrogens with zero attached hydrogens (tertiary/aromatic N) is 2. The summed E-state index contributed by atoms with van der Waals surface area (Å²) >= 11 is 0. The summed E-state index contributed by atoms with van der Waals surface area (Å²) in [5, 5.41) is 14.9. The van der Waals surface area contributed by atoms with Gasteiger partial charge in [-0.25, -0.2) is 4.68 Å². The third-order valence-electron chi connectivity index (χ3n) is 5.08. The van der Waals surface area contributed by atoms with Gasteiger partial charge in [-0.3, -0.25) is 0 Å². The predicted molar refractivity (Wildman–Crippen MR) is 112 cm³/mol. The molecule has 5 nitrogen and oxygen atoms in total. The molecule has 0 bridgehead atoms. The van der Waals surface area contributed by atoms with Gasteiger partial charge in [0.1, 0.15) is 17.2 Å². The SMILES string of the molecule is OCc1ccc2cn(-c3ccc(Oc4cccc(OCC5CC5)c4)cc3)nc2c1. The summed E-state index contributed by atoms with van der Waals surface area (Å²) in [5.41, 5.74) is 2.66. The molecule has 1 aliphatic carbocycles. The van der Waals surface area contributed by atoms with Crippen LogP contribution in [0.2, 0.25) is 0 Å². The van der Waals surface area contributed by atoms with E-state index in [0.717, 1.165) is 51.9 Å². The first-order valence-corrected chi connectivity index (χ1v) is 9.87. The normalized spacial score (nSPS) is 13.6. The second kappa shape index (κ2) is 7.60. The van der Waals surface area contributed by atoms with E-state index in [-0.39, 0.29) is 6.61 Å². The van der Waals surface area contributed by atoms with Crippen molar-refractivity contribution in [3.05, 3.63) is 78.5 Å². The third kappa shape index (κ3) is 4.10. The van der Waals surface area contributed by atoms with Crippen LogP contribution in [0.1, 0.15) is 18.4 Å². The Morgan fingerprint density at radius 2 is 1.76 bits per heavy atom. The number of fused-ring (bicyclic) bond motifs is 1. The van der Waals surface area contributed by atoms with Crippen LogP contribution in [0.15, 0.2) is 72.9 Å². The van der Waals surface area contributed by atoms with Gasteiger partial charge in [0.25, 0.3) is 0 Å². The Balaban J connectivity index is 1.30. The summed E-state index contributed by atoms with van der Waals surface area (Å²) < 4.78 is 13.6. The molecule has 146 valence electrons. The summed E-state index contributed by atoms with van der Waals surface area (Å²) in [5.74, 6) is 3.08. The van der Waals surface area contributed by atoms with Crippen molar-refractivity contribution in [1.29, 1.82) is 0 Å². The van der Waals surface area contributed by atoms with Crippen molar-refractivity contribution in [1.82, 2.24) is 9.78 Å². The fourth-order valence-corrected chi connectivity index (χ4v) is 3.22. The number of aromatic nitrogens is 2. The van der Waals surface area contributed by atoms with Crippen LogP contribution in [-0.4, -0.2) is 21.5 Å². The maximum atomic E-state index is 9.29. The molecule has 0 amide bonds. The van der Waals surface area contributed by atoms with Gasteiger partial charge in [0.15, 0.2) is 0 Å². The molecule has 4 aromatic rings. The Morgan fingerprint density at radius 1 is 0.931 bits per heavy atom. The zero-order valence-corrected chi connectivity index (χ0v) is 16.0. The molecule has 0 aliphatic heterocycles. The van der Waals surface area contributed by atoms with E-state index in [1.165, 1.54) is 12.8 Å². The van der Waals surface area contributed by atoms with Crippen LogP contribution in [-0.2, 0) is 6.61 Å². The molecular weight excluding hydrogens is 364 g/mol. The highest BCUT2D eigenvalue weighted by molar-refractivity contribution is 5.79. The number of aliphatic hydroxyl groups is 1. The highest BCUT2D eigenvalue weighted by Crippen LogP contribution is 2.31. The lowest BCUT2D eigenvalue weighted by Crippen LogP contribution is -1.98. The zero-order chi connectivity index (χ0) is 19.6. The molecule has 0 spiro atoms. The fourth-order valence-electron chi connectivity index (χ4n) is 3.22. The highest BCUT2D eigenvalue weighted by Gasteiger charge is 2.21. The largest absolute Gasteiger partial charge is 0.493 e. The average molecular weight is 386 g/mol. The molecule has 1 saturated carbocycles. The van der Waals surface area contributed by atoms with E-state index in [9.17, 15) is 5.11 Å². The Morgan fingerprint density at radius 3 is 2.55 bits per heavy atom. The molecule has 1 N–H and O–H groups in total. The van der Waals surface area contributed by atoms with Crippen molar-refractivity contribution in [2.75, 3.05) is 6.61 Å². The minimum absolute atomic E-state index is 0.0155. The van der Waals surface area contributed by atoms with Gasteiger partial charge < -0.3 is 14.6 Å². The monoisotopic (exact) mass is 386 g/mol. The van der Waals surface area contributed by atoms with Crippen LogP contribution in [0.5, 0.6) is 17.2 Å². The molecule has 1 aliphatic rings. The molecule has 3 aromatic carbocycles. The van der Waals surface area contributed by atoms with Gasteiger partial charge in [-0.15, -0.1) is 0 Å². The first-order valence-electron chi connectivity index (χ1n) is 9.87. The van der Waals surface area contributed by atoms with E-state index in [2.05, 4.69) is 5.10 Å². The molecule has 1 fully saturated rings. The van der Waals surface area contributed by atoms with Crippen LogP contribution in [0.25, 0.3) is 16.6 Å². The van der Waals surface area contributed by atoms with Gasteiger partial charge in [0, 0.05) is 17.6 Å². The van der Waals surface area contributed by atoms with Crippen LogP contribution >= 0.6 is 0 Å². The average Bonchev–Trinajstić information content (AvgIpc) is 3.49. The van der Waals surface area contributed by atoms with Crippen molar-refractivity contribution in [2.24, 2.45) is 5.92 Å². The van der Waals surface area contributed by atoms with E-state index in [4.69, 9.17) is 9.47 Å². The molecule has 29 heavy (non-hydrogen) atoms. The van der Waals surface area contributed by atoms with Gasteiger partial charge in [-0.1, -0.05) is 18.2 Å². The number of ether oxygens (including phenoxy) is 2. The standard InChI is InChI=1S/C24H22N2O3/c27-15-18-6-7-19-14-26(25-24(19)12-18)20-8-10-21(11-9-20)29-23-3-1-2-22(13-23)28-16-17-4-5-17/h1-3,6-14,17,27H,4-5,15-16H2. The van der Waals surface area contributed by atoms with Crippen molar-refractivity contribution in [3.8, 4) is 22.9 Å². The number of hydrogen-bond donors (Lipinski definition) is 1. The quantitative estimate of drug-likeness (QED) is 0.480. The summed E-state index contributed by atoms with van der Waals surface area (Å²) in [4.78, 5) is 0. The summed E-state index contributed by atoms with van der Waals surface area (Å²) in [6, 6.07) is 21.4. The first kappa shape index (κ1) is 17.8. The van der Waals surface area contributed by atoms with Gasteiger partial charge in [0.05, 0.1) is 24.4 Å². The summed E-state index contributed by atoms with van der Waals surface area (Å²) in [7, 11) is 0. The van der Waals surface area contributed by atoms with Crippen molar-refractivity contribution in [2.45, 2.75) is 19.4 Å². The van der Waals surface area contributed by atoms with Gasteiger partial charge in [-0.2, -0.15) is 5.10 Å². The number of rotatable bonds is 7. The minimum Gasteiger partial charge on any atom is -0.493 e. The van der Waals surface area contributed by atoms with E-state index in [1.807, 2.05) is 77.6 Å². The topological polar surface area (TPSA) is 56.5 Å². The van der Waals surface area contributed by atoms with E-state index < -0.39 is 0 Å². The Hall–Kier alpha value is -3.31. The first-order chi connectivity index (χ1) is 14.3. The van der Waals surface area contributed by atoms with Crippen molar-refractivity contribution >= 4 is 10.9 Å². The predicted octanol–water partition coefficient (Wildman–Crippen LogP) is 5.10. The van der Waals surface area contributed by atoms with Gasteiger partial charge in [-0.05, 0) is 66.8 Å². The lowest BCUT2D eigenvalue weighted by Gasteiger charge is -2.09. The summed E-state index contributed by atoms with van der Waals surface area (Å²) in [6.45, 7) is 0.803. The number of hydrogen-bond acceptors (Lipinski definition) is 4. The van der Waals surface area contributed by atoms with E-state index in [1.54, 1.807) is 0 Å². The molecule has 5 rings (SSSR count). The van der Waals surface area contributed by atoms with Crippen LogP contribution in [0.3, 0.4) is 0 Å². The fraction of sp³-hybridized carbons (Fsp3) is 0.208.